The monoisotopic (exact) mass is 715 g/mol. The second-order valence-corrected chi connectivity index (χ2v) is 14.3. The number of hydrogen-bond acceptors (Lipinski definition) is 2. The average Bonchev–Trinajstić information content (AvgIpc) is 3.59. The smallest absolute Gasteiger partial charge is 0.0736 e. The molecule has 0 radical (unpaired) electrons. The molecule has 3 nitrogen and oxygen atoms in total. The summed E-state index contributed by atoms with van der Waals surface area (Å²) in [6, 6.07) is 68.5. The summed E-state index contributed by atoms with van der Waals surface area (Å²) < 4.78 is 2.35. The topological polar surface area (TPSA) is 43.3 Å². The van der Waals surface area contributed by atoms with Crippen molar-refractivity contribution in [3.05, 3.63) is 223 Å². The molecular formula is C53H37N3. The Labute approximate surface area is 325 Å². The van der Waals surface area contributed by atoms with E-state index in [0.29, 0.717) is 11.4 Å². The van der Waals surface area contributed by atoms with Crippen molar-refractivity contribution < 1.29 is 0 Å². The Hall–Kier alpha value is -7.49. The van der Waals surface area contributed by atoms with Crippen LogP contribution in [0.2, 0.25) is 0 Å². The molecule has 1 heterocycles. The van der Waals surface area contributed by atoms with E-state index < -0.39 is 0 Å². The Morgan fingerprint density at radius 1 is 0.464 bits per heavy atom. The molecule has 56 heavy (non-hydrogen) atoms. The van der Waals surface area contributed by atoms with Crippen LogP contribution in [0.15, 0.2) is 212 Å². The van der Waals surface area contributed by atoms with Crippen molar-refractivity contribution in [2.45, 2.75) is 0 Å². The highest BCUT2D eigenvalue weighted by atomic mass is 15.0. The van der Waals surface area contributed by atoms with Crippen molar-refractivity contribution in [2.24, 2.45) is 10.7 Å². The van der Waals surface area contributed by atoms with Crippen LogP contribution >= 0.6 is 0 Å². The van der Waals surface area contributed by atoms with Crippen molar-refractivity contribution in [1.29, 1.82) is 0 Å². The number of rotatable bonds is 7. The van der Waals surface area contributed by atoms with Gasteiger partial charge < -0.3 is 10.3 Å². The van der Waals surface area contributed by atoms with Gasteiger partial charge in [-0.25, -0.2) is 4.99 Å². The molecule has 0 fully saturated rings. The molecule has 2 N–H and O–H groups in total. The predicted octanol–water partition coefficient (Wildman–Crippen LogP) is 13.4. The Morgan fingerprint density at radius 3 is 1.66 bits per heavy atom. The number of hydrogen-bond donors (Lipinski definition) is 1. The zero-order valence-corrected chi connectivity index (χ0v) is 30.7. The van der Waals surface area contributed by atoms with Gasteiger partial charge in [-0.15, -0.1) is 0 Å². The van der Waals surface area contributed by atoms with Gasteiger partial charge in [-0.3, -0.25) is 0 Å². The van der Waals surface area contributed by atoms with Crippen LogP contribution in [0.3, 0.4) is 0 Å². The molecule has 9 aromatic carbocycles. The SMILES string of the molecule is C=C(N=C(/C=C(\N)c1cccc2ccccc12)c1cccc2ccccc12)c1ccc2cc(-c3ccc(-n4c5ccccc5c5ccccc54)cc3)ccc2c1. The Balaban J connectivity index is 0.992. The molecule has 0 unspecified atom stereocenters. The minimum absolute atomic E-state index is 0.649. The van der Waals surface area contributed by atoms with Gasteiger partial charge in [0.1, 0.15) is 0 Å². The van der Waals surface area contributed by atoms with E-state index in [1.807, 2.05) is 12.1 Å². The summed E-state index contributed by atoms with van der Waals surface area (Å²) in [6.07, 6.45) is 1.99. The second kappa shape index (κ2) is 13.7. The van der Waals surface area contributed by atoms with E-state index in [9.17, 15) is 0 Å². The molecule has 0 bridgehead atoms. The summed E-state index contributed by atoms with van der Waals surface area (Å²) in [5.41, 5.74) is 17.8. The standard InChI is InChI=1S/C53H37N3/c1-35(55-51(47-21-11-15-38-13-3-5-17-45(38)47)34-50(54)46-20-10-14-37-12-2-4-16-44(37)46)39-24-25-42-33-40(26-27-41(42)32-39)36-28-30-43(31-29-36)56-52-22-8-6-18-48(52)49-19-7-9-23-53(49)56/h2-34H,1,54H2/b50-34-,55-51?. The predicted molar refractivity (Wildman–Crippen MR) is 239 cm³/mol. The number of benzene rings is 9. The molecule has 10 aromatic rings. The number of nitrogens with zero attached hydrogens (tertiary/aromatic N) is 2. The van der Waals surface area contributed by atoms with Gasteiger partial charge in [0.25, 0.3) is 0 Å². The first kappa shape index (κ1) is 33.1. The highest BCUT2D eigenvalue weighted by Gasteiger charge is 2.14. The van der Waals surface area contributed by atoms with Crippen LogP contribution in [-0.4, -0.2) is 10.3 Å². The maximum absolute atomic E-state index is 6.92. The number of para-hydroxylation sites is 2. The Kier molecular flexibility index (Phi) is 8.12. The Bertz CT molecular complexity index is 3150. The van der Waals surface area contributed by atoms with Crippen LogP contribution < -0.4 is 5.73 Å². The van der Waals surface area contributed by atoms with Crippen LogP contribution in [0.1, 0.15) is 16.7 Å². The normalized spacial score (nSPS) is 12.3. The first-order chi connectivity index (χ1) is 27.6. The first-order valence-corrected chi connectivity index (χ1v) is 18.9. The molecule has 0 spiro atoms. The Morgan fingerprint density at radius 2 is 0.982 bits per heavy atom. The molecule has 0 aliphatic rings. The summed E-state index contributed by atoms with van der Waals surface area (Å²) in [5.74, 6) is 0. The van der Waals surface area contributed by atoms with E-state index >= 15 is 0 Å². The van der Waals surface area contributed by atoms with Crippen LogP contribution in [0.25, 0.3) is 82.3 Å². The molecule has 0 atom stereocenters. The maximum Gasteiger partial charge on any atom is 0.0736 e. The molecule has 0 saturated heterocycles. The maximum atomic E-state index is 6.92. The van der Waals surface area contributed by atoms with Gasteiger partial charge in [-0.1, -0.05) is 164 Å². The number of aromatic nitrogens is 1. The highest BCUT2D eigenvalue weighted by Crippen LogP contribution is 2.34. The highest BCUT2D eigenvalue weighted by molar-refractivity contribution is 6.20. The van der Waals surface area contributed by atoms with E-state index in [1.165, 1.54) is 32.9 Å². The third-order valence-corrected chi connectivity index (χ3v) is 10.9. The molecule has 10 rings (SSSR count). The molecule has 0 amide bonds. The zero-order chi connectivity index (χ0) is 37.6. The summed E-state index contributed by atoms with van der Waals surface area (Å²) in [5, 5.41) is 9.31. The fourth-order valence-electron chi connectivity index (χ4n) is 8.14. The number of aliphatic imine (C=N–C) groups is 1. The van der Waals surface area contributed by atoms with Crippen molar-refractivity contribution >= 4 is 71.2 Å². The minimum Gasteiger partial charge on any atom is -0.398 e. The van der Waals surface area contributed by atoms with E-state index in [0.717, 1.165) is 60.4 Å². The fraction of sp³-hybridized carbons (Fsp3) is 0. The largest absolute Gasteiger partial charge is 0.398 e. The summed E-state index contributed by atoms with van der Waals surface area (Å²) in [7, 11) is 0. The second-order valence-electron chi connectivity index (χ2n) is 14.3. The molecule has 3 heteroatoms. The van der Waals surface area contributed by atoms with Crippen molar-refractivity contribution in [3.8, 4) is 16.8 Å². The van der Waals surface area contributed by atoms with Crippen LogP contribution in [0, 0.1) is 0 Å². The third kappa shape index (κ3) is 5.83. The third-order valence-electron chi connectivity index (χ3n) is 10.9. The van der Waals surface area contributed by atoms with E-state index in [1.54, 1.807) is 0 Å². The zero-order valence-electron chi connectivity index (χ0n) is 30.7. The average molecular weight is 716 g/mol. The van der Waals surface area contributed by atoms with E-state index in [4.69, 9.17) is 10.7 Å². The lowest BCUT2D eigenvalue weighted by Crippen LogP contribution is -2.05. The number of nitrogens with two attached hydrogens (primary N) is 1. The van der Waals surface area contributed by atoms with Gasteiger partial charge in [0.15, 0.2) is 0 Å². The lowest BCUT2D eigenvalue weighted by molar-refractivity contribution is 1.18. The molecule has 264 valence electrons. The summed E-state index contributed by atoms with van der Waals surface area (Å²) in [6.45, 7) is 4.48. The lowest BCUT2D eigenvalue weighted by Gasteiger charge is -2.12. The van der Waals surface area contributed by atoms with Crippen molar-refractivity contribution in [1.82, 2.24) is 4.57 Å². The summed E-state index contributed by atoms with van der Waals surface area (Å²) >= 11 is 0. The molecular weight excluding hydrogens is 679 g/mol. The summed E-state index contributed by atoms with van der Waals surface area (Å²) in [4.78, 5) is 5.22. The first-order valence-electron chi connectivity index (χ1n) is 18.9. The van der Waals surface area contributed by atoms with Gasteiger partial charge in [0.2, 0.25) is 0 Å². The minimum atomic E-state index is 0.649. The molecule has 0 aliphatic heterocycles. The van der Waals surface area contributed by atoms with Crippen molar-refractivity contribution in [2.75, 3.05) is 0 Å². The van der Waals surface area contributed by atoms with Crippen molar-refractivity contribution in [3.63, 3.8) is 0 Å². The van der Waals surface area contributed by atoms with Gasteiger partial charge >= 0.3 is 0 Å². The van der Waals surface area contributed by atoms with Gasteiger partial charge in [0.05, 0.1) is 22.4 Å². The van der Waals surface area contributed by atoms with Crippen LogP contribution in [-0.2, 0) is 0 Å². The number of fused-ring (bicyclic) bond motifs is 6. The van der Waals surface area contributed by atoms with Gasteiger partial charge in [-0.2, -0.15) is 0 Å². The van der Waals surface area contributed by atoms with Gasteiger partial charge in [-0.05, 0) is 85.9 Å². The molecule has 0 saturated carbocycles. The number of allylic oxidation sites excluding steroid dienone is 1. The van der Waals surface area contributed by atoms with E-state index in [-0.39, 0.29) is 0 Å². The van der Waals surface area contributed by atoms with Crippen LogP contribution in [0.4, 0.5) is 0 Å². The van der Waals surface area contributed by atoms with Crippen LogP contribution in [0.5, 0.6) is 0 Å². The molecule has 0 aliphatic carbocycles. The molecule has 1 aromatic heterocycles. The lowest BCUT2D eigenvalue weighted by atomic mass is 9.97. The fourth-order valence-corrected chi connectivity index (χ4v) is 8.14. The van der Waals surface area contributed by atoms with Gasteiger partial charge in [0, 0.05) is 38.8 Å². The van der Waals surface area contributed by atoms with E-state index in [2.05, 4.69) is 199 Å². The quantitative estimate of drug-likeness (QED) is 0.164.